The van der Waals surface area contributed by atoms with Crippen LogP contribution in [-0.4, -0.2) is 29.7 Å². The van der Waals surface area contributed by atoms with Crippen LogP contribution < -0.4 is 5.32 Å². The molecule has 1 amide bonds. The van der Waals surface area contributed by atoms with E-state index in [-0.39, 0.29) is 12.5 Å². The number of nitrogens with zero attached hydrogens (tertiary/aromatic N) is 1. The second-order valence-electron chi connectivity index (χ2n) is 4.50. The highest BCUT2D eigenvalue weighted by molar-refractivity contribution is 7.98. The molecule has 1 aromatic heterocycles. The lowest BCUT2D eigenvalue weighted by molar-refractivity contribution is -0.119. The highest BCUT2D eigenvalue weighted by atomic mass is 32.2. The summed E-state index contributed by atoms with van der Waals surface area (Å²) in [5.41, 5.74) is 1.30. The lowest BCUT2D eigenvalue weighted by atomic mass is 10.3. The fraction of sp³-hybridized carbons (Fsp3) is 0.267. The molecule has 116 valence electrons. The summed E-state index contributed by atoms with van der Waals surface area (Å²) in [6.07, 6.45) is 1.96. The average molecular weight is 336 g/mol. The van der Waals surface area contributed by atoms with Gasteiger partial charge in [-0.25, -0.2) is 9.78 Å². The number of anilines is 1. The normalized spacial score (nSPS) is 10.3. The summed E-state index contributed by atoms with van der Waals surface area (Å²) in [5, 5.41) is 3.50. The molecule has 5 nitrogen and oxygen atoms in total. The number of hydrogen-bond acceptors (Lipinski definition) is 6. The molecule has 0 saturated heterocycles. The number of carbonyl (C=O) groups excluding carboxylic acids is 2. The molecule has 22 heavy (non-hydrogen) atoms. The van der Waals surface area contributed by atoms with E-state index in [4.69, 9.17) is 4.74 Å². The van der Waals surface area contributed by atoms with E-state index in [2.05, 4.69) is 10.3 Å². The van der Waals surface area contributed by atoms with E-state index in [1.54, 1.807) is 24.8 Å². The number of benzene rings is 1. The van der Waals surface area contributed by atoms with Crippen molar-refractivity contribution in [3.8, 4) is 0 Å². The van der Waals surface area contributed by atoms with Gasteiger partial charge < -0.3 is 10.1 Å². The summed E-state index contributed by atoms with van der Waals surface area (Å²) in [6.45, 7) is 3.24. The molecule has 1 aromatic carbocycles. The van der Waals surface area contributed by atoms with E-state index in [0.29, 0.717) is 16.3 Å². The maximum atomic E-state index is 11.9. The summed E-state index contributed by atoms with van der Waals surface area (Å²) in [7, 11) is 0. The van der Waals surface area contributed by atoms with Gasteiger partial charge >= 0.3 is 5.97 Å². The molecular formula is C15H16N2O3S2. The van der Waals surface area contributed by atoms with Crippen molar-refractivity contribution in [1.82, 2.24) is 4.98 Å². The molecule has 0 spiro atoms. The number of thioether (sulfide) groups is 1. The second kappa shape index (κ2) is 7.42. The first kappa shape index (κ1) is 16.5. The lowest BCUT2D eigenvalue weighted by Gasteiger charge is -2.07. The van der Waals surface area contributed by atoms with Crippen molar-refractivity contribution in [2.24, 2.45) is 0 Å². The van der Waals surface area contributed by atoms with Crippen LogP contribution in [0.25, 0.3) is 0 Å². The number of nitrogens with one attached hydrogen (secondary N) is 1. The maximum Gasteiger partial charge on any atom is 0.350 e. The molecule has 0 aliphatic heterocycles. The Labute approximate surface area is 137 Å². The highest BCUT2D eigenvalue weighted by Gasteiger charge is 2.16. The van der Waals surface area contributed by atoms with Gasteiger partial charge in [0.1, 0.15) is 4.88 Å². The molecule has 7 heteroatoms. The van der Waals surface area contributed by atoms with Crippen LogP contribution in [0.3, 0.4) is 0 Å². The molecular weight excluding hydrogens is 320 g/mol. The molecule has 0 bridgehead atoms. The Hall–Kier alpha value is -1.86. The molecule has 0 aliphatic carbocycles. The zero-order valence-electron chi connectivity index (χ0n) is 12.5. The quantitative estimate of drug-likeness (QED) is 0.670. The van der Waals surface area contributed by atoms with Gasteiger partial charge in [0.25, 0.3) is 5.91 Å². The first-order chi connectivity index (χ1) is 10.5. The molecule has 0 unspecified atom stereocenters. The van der Waals surface area contributed by atoms with E-state index < -0.39 is 5.97 Å². The van der Waals surface area contributed by atoms with Crippen LogP contribution >= 0.6 is 23.1 Å². The minimum atomic E-state index is -0.517. The van der Waals surface area contributed by atoms with Gasteiger partial charge in [0.2, 0.25) is 0 Å². The topological polar surface area (TPSA) is 68.3 Å². The van der Waals surface area contributed by atoms with Crippen LogP contribution in [0.15, 0.2) is 29.2 Å². The Balaban J connectivity index is 1.90. The number of thiazole rings is 1. The first-order valence-corrected chi connectivity index (χ1v) is 8.59. The van der Waals surface area contributed by atoms with Crippen LogP contribution in [0.1, 0.15) is 20.4 Å². The summed E-state index contributed by atoms with van der Waals surface area (Å²) >= 11 is 2.85. The van der Waals surface area contributed by atoms with Crippen molar-refractivity contribution in [3.63, 3.8) is 0 Å². The van der Waals surface area contributed by atoms with E-state index in [9.17, 15) is 9.59 Å². The number of rotatable bonds is 5. The van der Waals surface area contributed by atoms with Crippen molar-refractivity contribution in [2.75, 3.05) is 18.2 Å². The largest absolute Gasteiger partial charge is 0.451 e. The van der Waals surface area contributed by atoms with Gasteiger partial charge in [-0.15, -0.1) is 23.1 Å². The predicted molar refractivity (Wildman–Crippen MR) is 88.7 cm³/mol. The van der Waals surface area contributed by atoms with Gasteiger partial charge in [0.05, 0.1) is 10.7 Å². The van der Waals surface area contributed by atoms with E-state index in [1.807, 2.05) is 31.4 Å². The van der Waals surface area contributed by atoms with Gasteiger partial charge in [-0.05, 0) is 38.3 Å². The monoisotopic (exact) mass is 336 g/mol. The molecule has 2 aromatic rings. The molecule has 1 heterocycles. The van der Waals surface area contributed by atoms with Crippen LogP contribution in [0.4, 0.5) is 5.69 Å². The fourth-order valence-corrected chi connectivity index (χ4v) is 3.09. The number of aryl methyl sites for hydroxylation is 2. The number of aromatic nitrogens is 1. The average Bonchev–Trinajstić information content (AvgIpc) is 2.83. The van der Waals surface area contributed by atoms with Crippen molar-refractivity contribution < 1.29 is 14.3 Å². The Bertz CT molecular complexity index is 698. The number of esters is 1. The molecule has 0 saturated carbocycles. The zero-order valence-corrected chi connectivity index (χ0v) is 14.1. The molecule has 0 radical (unpaired) electrons. The lowest BCUT2D eigenvalue weighted by Crippen LogP contribution is -2.20. The molecule has 0 atom stereocenters. The van der Waals surface area contributed by atoms with Crippen LogP contribution in [-0.2, 0) is 9.53 Å². The van der Waals surface area contributed by atoms with Crippen molar-refractivity contribution in [2.45, 2.75) is 18.7 Å². The third-order valence-electron chi connectivity index (χ3n) is 2.78. The van der Waals surface area contributed by atoms with Gasteiger partial charge in [-0.2, -0.15) is 0 Å². The molecule has 2 rings (SSSR count). The minimum Gasteiger partial charge on any atom is -0.451 e. The van der Waals surface area contributed by atoms with Gasteiger partial charge in [0.15, 0.2) is 6.61 Å². The number of hydrogen-bond donors (Lipinski definition) is 1. The first-order valence-electron chi connectivity index (χ1n) is 6.54. The molecule has 1 N–H and O–H groups in total. The van der Waals surface area contributed by atoms with Crippen molar-refractivity contribution >= 4 is 40.7 Å². The van der Waals surface area contributed by atoms with Gasteiger partial charge in [-0.3, -0.25) is 4.79 Å². The predicted octanol–water partition coefficient (Wildman–Crippen LogP) is 3.28. The SMILES string of the molecule is CSc1cccc(NC(=O)COC(=O)c2sc(C)nc2C)c1. The zero-order chi connectivity index (χ0) is 16.1. The van der Waals surface area contributed by atoms with E-state index >= 15 is 0 Å². The van der Waals surface area contributed by atoms with Crippen molar-refractivity contribution in [1.29, 1.82) is 0 Å². The van der Waals surface area contributed by atoms with Gasteiger partial charge in [-0.1, -0.05) is 6.07 Å². The summed E-state index contributed by atoms with van der Waals surface area (Å²) < 4.78 is 5.03. The third kappa shape index (κ3) is 4.32. The number of amides is 1. The van der Waals surface area contributed by atoms with Crippen LogP contribution in [0, 0.1) is 13.8 Å². The smallest absolute Gasteiger partial charge is 0.350 e. The highest BCUT2D eigenvalue weighted by Crippen LogP contribution is 2.19. The summed E-state index contributed by atoms with van der Waals surface area (Å²) in [4.78, 5) is 29.4. The standard InChI is InChI=1S/C15H16N2O3S2/c1-9-14(22-10(2)16-9)15(19)20-8-13(18)17-11-5-4-6-12(7-11)21-3/h4-7H,8H2,1-3H3,(H,17,18). The summed E-state index contributed by atoms with van der Waals surface area (Å²) in [5.74, 6) is -0.887. The van der Waals surface area contributed by atoms with E-state index in [1.165, 1.54) is 11.3 Å². The molecule has 0 fully saturated rings. The summed E-state index contributed by atoms with van der Waals surface area (Å²) in [6, 6.07) is 7.46. The third-order valence-corrected chi connectivity index (χ3v) is 4.56. The van der Waals surface area contributed by atoms with Gasteiger partial charge in [0, 0.05) is 10.6 Å². The maximum absolute atomic E-state index is 11.9. The number of ether oxygens (including phenoxy) is 1. The van der Waals surface area contributed by atoms with Crippen molar-refractivity contribution in [3.05, 3.63) is 39.8 Å². The Morgan fingerprint density at radius 1 is 1.36 bits per heavy atom. The Kier molecular flexibility index (Phi) is 5.57. The second-order valence-corrected chi connectivity index (χ2v) is 6.59. The van der Waals surface area contributed by atoms with Crippen LogP contribution in [0.2, 0.25) is 0 Å². The Morgan fingerprint density at radius 3 is 2.77 bits per heavy atom. The van der Waals surface area contributed by atoms with E-state index in [0.717, 1.165) is 9.90 Å². The molecule has 0 aliphatic rings. The minimum absolute atomic E-state index is 0.321. The fourth-order valence-electron chi connectivity index (χ4n) is 1.82. The van der Waals surface area contributed by atoms with Crippen LogP contribution in [0.5, 0.6) is 0 Å². The number of carbonyl (C=O) groups is 2. The Morgan fingerprint density at radius 2 is 2.14 bits per heavy atom.